The number of hydrogen-bond acceptors (Lipinski definition) is 3. The van der Waals surface area contributed by atoms with E-state index in [0.29, 0.717) is 17.4 Å². The van der Waals surface area contributed by atoms with Crippen molar-refractivity contribution in [1.29, 1.82) is 0 Å². The predicted molar refractivity (Wildman–Crippen MR) is 75.9 cm³/mol. The van der Waals surface area contributed by atoms with Crippen LogP contribution >= 0.6 is 0 Å². The SMILES string of the molecule is CC(C)C(c1ncccc1C(N)=O)C1CCCNC1. The zero-order chi connectivity index (χ0) is 13.8. The standard InChI is InChI=1S/C15H23N3O/c1-10(2)13(11-5-3-7-17-9-11)14-12(15(16)19)6-4-8-18-14/h4,6,8,10-11,13,17H,3,5,7,9H2,1-2H3,(H2,16,19). The number of primary amides is 1. The van der Waals surface area contributed by atoms with Gasteiger partial charge in [0, 0.05) is 12.1 Å². The van der Waals surface area contributed by atoms with Crippen LogP contribution in [-0.2, 0) is 0 Å². The van der Waals surface area contributed by atoms with Crippen LogP contribution in [0.1, 0.15) is 48.7 Å². The Morgan fingerprint density at radius 3 is 2.89 bits per heavy atom. The Balaban J connectivity index is 2.35. The quantitative estimate of drug-likeness (QED) is 0.870. The minimum absolute atomic E-state index is 0.288. The van der Waals surface area contributed by atoms with E-state index < -0.39 is 0 Å². The van der Waals surface area contributed by atoms with E-state index in [1.165, 1.54) is 12.8 Å². The molecular formula is C15H23N3O. The number of nitrogens with one attached hydrogen (secondary N) is 1. The van der Waals surface area contributed by atoms with E-state index in [1.807, 2.05) is 0 Å². The van der Waals surface area contributed by atoms with Gasteiger partial charge in [0.25, 0.3) is 5.91 Å². The van der Waals surface area contributed by atoms with Crippen LogP contribution in [0.3, 0.4) is 0 Å². The van der Waals surface area contributed by atoms with Gasteiger partial charge in [0.2, 0.25) is 0 Å². The smallest absolute Gasteiger partial charge is 0.250 e. The van der Waals surface area contributed by atoms with Crippen LogP contribution in [0.4, 0.5) is 0 Å². The van der Waals surface area contributed by atoms with Gasteiger partial charge in [0.05, 0.1) is 11.3 Å². The van der Waals surface area contributed by atoms with Crippen molar-refractivity contribution < 1.29 is 4.79 Å². The third-order valence-corrected chi connectivity index (χ3v) is 3.98. The fourth-order valence-electron chi connectivity index (χ4n) is 3.16. The van der Waals surface area contributed by atoms with E-state index in [4.69, 9.17) is 5.73 Å². The summed E-state index contributed by atoms with van der Waals surface area (Å²) in [6.45, 7) is 6.47. The highest BCUT2D eigenvalue weighted by atomic mass is 16.1. The van der Waals surface area contributed by atoms with E-state index in [2.05, 4.69) is 24.1 Å². The Labute approximate surface area is 114 Å². The molecule has 1 aliphatic heterocycles. The molecule has 4 nitrogen and oxygen atoms in total. The Morgan fingerprint density at radius 1 is 1.53 bits per heavy atom. The molecule has 0 radical (unpaired) electrons. The summed E-state index contributed by atoms with van der Waals surface area (Å²) in [6.07, 6.45) is 4.13. The summed E-state index contributed by atoms with van der Waals surface area (Å²) in [5.41, 5.74) is 6.94. The lowest BCUT2D eigenvalue weighted by atomic mass is 9.76. The fraction of sp³-hybridized carbons (Fsp3) is 0.600. The molecule has 2 rings (SSSR count). The lowest BCUT2D eigenvalue weighted by molar-refractivity contribution is 0.0997. The van der Waals surface area contributed by atoms with Gasteiger partial charge in [-0.05, 0) is 49.9 Å². The highest BCUT2D eigenvalue weighted by Crippen LogP contribution is 2.35. The maximum Gasteiger partial charge on any atom is 0.250 e. The zero-order valence-electron chi connectivity index (χ0n) is 11.7. The molecule has 2 heterocycles. The molecule has 1 fully saturated rings. The predicted octanol–water partition coefficient (Wildman–Crippen LogP) is 1.92. The molecule has 1 saturated heterocycles. The molecule has 19 heavy (non-hydrogen) atoms. The van der Waals surface area contributed by atoms with E-state index in [-0.39, 0.29) is 11.8 Å². The average molecular weight is 261 g/mol. The van der Waals surface area contributed by atoms with Gasteiger partial charge in [-0.25, -0.2) is 0 Å². The van der Waals surface area contributed by atoms with E-state index in [9.17, 15) is 4.79 Å². The molecule has 0 spiro atoms. The Hall–Kier alpha value is -1.42. The number of pyridine rings is 1. The second-order valence-electron chi connectivity index (χ2n) is 5.68. The van der Waals surface area contributed by atoms with E-state index in [0.717, 1.165) is 18.8 Å². The van der Waals surface area contributed by atoms with Crippen LogP contribution in [0.15, 0.2) is 18.3 Å². The summed E-state index contributed by atoms with van der Waals surface area (Å²) >= 11 is 0. The monoisotopic (exact) mass is 261 g/mol. The summed E-state index contributed by atoms with van der Waals surface area (Å²) in [6, 6.07) is 3.57. The third-order valence-electron chi connectivity index (χ3n) is 3.98. The second-order valence-corrected chi connectivity index (χ2v) is 5.68. The number of aromatic nitrogens is 1. The van der Waals surface area contributed by atoms with Gasteiger partial charge >= 0.3 is 0 Å². The van der Waals surface area contributed by atoms with Crippen LogP contribution in [-0.4, -0.2) is 24.0 Å². The van der Waals surface area contributed by atoms with Crippen molar-refractivity contribution in [3.05, 3.63) is 29.6 Å². The molecule has 1 aromatic heterocycles. The van der Waals surface area contributed by atoms with Crippen LogP contribution in [0, 0.1) is 11.8 Å². The number of carbonyl (C=O) groups excluding carboxylic acids is 1. The van der Waals surface area contributed by atoms with Gasteiger partial charge in [0.15, 0.2) is 0 Å². The number of piperidine rings is 1. The number of nitrogens with zero attached hydrogens (tertiary/aromatic N) is 1. The molecule has 0 saturated carbocycles. The Kier molecular flexibility index (Phi) is 4.53. The van der Waals surface area contributed by atoms with Crippen molar-refractivity contribution in [2.45, 2.75) is 32.6 Å². The Morgan fingerprint density at radius 2 is 2.32 bits per heavy atom. The number of nitrogens with two attached hydrogens (primary N) is 1. The lowest BCUT2D eigenvalue weighted by Gasteiger charge is -2.33. The summed E-state index contributed by atoms with van der Waals surface area (Å²) in [5.74, 6) is 0.883. The Bertz CT molecular complexity index is 439. The first-order valence-electron chi connectivity index (χ1n) is 7.06. The minimum Gasteiger partial charge on any atom is -0.366 e. The van der Waals surface area contributed by atoms with E-state index >= 15 is 0 Å². The van der Waals surface area contributed by atoms with Crippen LogP contribution < -0.4 is 11.1 Å². The van der Waals surface area contributed by atoms with Gasteiger partial charge in [-0.3, -0.25) is 9.78 Å². The van der Waals surface area contributed by atoms with Crippen molar-refractivity contribution in [1.82, 2.24) is 10.3 Å². The van der Waals surface area contributed by atoms with E-state index in [1.54, 1.807) is 18.3 Å². The van der Waals surface area contributed by atoms with Crippen molar-refractivity contribution in [2.24, 2.45) is 17.6 Å². The normalized spacial score (nSPS) is 21.3. The molecular weight excluding hydrogens is 238 g/mol. The minimum atomic E-state index is -0.377. The lowest BCUT2D eigenvalue weighted by Crippen LogP contribution is -2.36. The average Bonchev–Trinajstić information content (AvgIpc) is 2.40. The molecule has 4 heteroatoms. The number of amides is 1. The molecule has 2 atom stereocenters. The number of rotatable bonds is 4. The van der Waals surface area contributed by atoms with Gasteiger partial charge in [-0.15, -0.1) is 0 Å². The summed E-state index contributed by atoms with van der Waals surface area (Å²) in [4.78, 5) is 16.1. The first kappa shape index (κ1) is 14.0. The van der Waals surface area contributed by atoms with Crippen LogP contribution in [0.5, 0.6) is 0 Å². The number of carbonyl (C=O) groups is 1. The first-order chi connectivity index (χ1) is 9.11. The molecule has 1 aromatic rings. The highest BCUT2D eigenvalue weighted by Gasteiger charge is 2.31. The van der Waals surface area contributed by atoms with Gasteiger partial charge in [-0.2, -0.15) is 0 Å². The molecule has 2 unspecified atom stereocenters. The number of hydrogen-bond donors (Lipinski definition) is 2. The van der Waals surface area contributed by atoms with Crippen molar-refractivity contribution in [3.8, 4) is 0 Å². The molecule has 1 aliphatic rings. The van der Waals surface area contributed by atoms with Crippen LogP contribution in [0.2, 0.25) is 0 Å². The second kappa shape index (κ2) is 6.15. The summed E-state index contributed by atoms with van der Waals surface area (Å²) in [7, 11) is 0. The molecule has 1 amide bonds. The molecule has 0 aliphatic carbocycles. The molecule has 104 valence electrons. The maximum atomic E-state index is 11.6. The van der Waals surface area contributed by atoms with Gasteiger partial charge < -0.3 is 11.1 Å². The summed E-state index contributed by atoms with van der Waals surface area (Å²) < 4.78 is 0. The van der Waals surface area contributed by atoms with Crippen molar-refractivity contribution in [3.63, 3.8) is 0 Å². The maximum absolute atomic E-state index is 11.6. The molecule has 0 aromatic carbocycles. The molecule has 3 N–H and O–H groups in total. The van der Waals surface area contributed by atoms with Crippen molar-refractivity contribution >= 4 is 5.91 Å². The van der Waals surface area contributed by atoms with Crippen LogP contribution in [0.25, 0.3) is 0 Å². The largest absolute Gasteiger partial charge is 0.366 e. The topological polar surface area (TPSA) is 68.0 Å². The fourth-order valence-corrected chi connectivity index (χ4v) is 3.16. The third kappa shape index (κ3) is 3.13. The molecule has 0 bridgehead atoms. The van der Waals surface area contributed by atoms with Gasteiger partial charge in [-0.1, -0.05) is 13.8 Å². The zero-order valence-corrected chi connectivity index (χ0v) is 11.7. The summed E-state index contributed by atoms with van der Waals surface area (Å²) in [5, 5.41) is 3.44. The van der Waals surface area contributed by atoms with Gasteiger partial charge in [0.1, 0.15) is 0 Å². The first-order valence-corrected chi connectivity index (χ1v) is 7.06. The highest BCUT2D eigenvalue weighted by molar-refractivity contribution is 5.94. The van der Waals surface area contributed by atoms with Crippen molar-refractivity contribution in [2.75, 3.05) is 13.1 Å².